The number of phenols is 1. The van der Waals surface area contributed by atoms with Crippen molar-refractivity contribution in [2.24, 2.45) is 22.9 Å². The minimum absolute atomic E-state index is 0.0128. The second-order valence-electron chi connectivity index (χ2n) is 13.6. The summed E-state index contributed by atoms with van der Waals surface area (Å²) in [5, 5.41) is 70.4. The number of carbonyl (C=O) groups excluding carboxylic acids is 1. The second-order valence-corrected chi connectivity index (χ2v) is 13.6. The van der Waals surface area contributed by atoms with Crippen LogP contribution in [0.1, 0.15) is 62.0 Å². The maximum absolute atomic E-state index is 13.6. The number of unbranched alkanes of at least 4 members (excludes halogenated alkanes) is 2. The molecule has 1 fully saturated rings. The van der Waals surface area contributed by atoms with Crippen LogP contribution in [0.25, 0.3) is 0 Å². The third-order valence-electron chi connectivity index (χ3n) is 10.4. The minimum atomic E-state index is -1.93. The van der Waals surface area contributed by atoms with Crippen LogP contribution < -0.4 is 10.1 Å². The van der Waals surface area contributed by atoms with Gasteiger partial charge in [0.15, 0.2) is 0 Å². The van der Waals surface area contributed by atoms with Gasteiger partial charge in [-0.3, -0.25) is 10.1 Å². The molecule has 0 unspecified atom stereocenters. The summed E-state index contributed by atoms with van der Waals surface area (Å²) < 4.78 is 11.8. The van der Waals surface area contributed by atoms with Crippen molar-refractivity contribution in [3.63, 3.8) is 0 Å². The molecule has 6 atom stereocenters. The van der Waals surface area contributed by atoms with Crippen LogP contribution in [0.3, 0.4) is 0 Å². The molecule has 2 aliphatic carbocycles. The normalized spacial score (nSPS) is 25.4. The van der Waals surface area contributed by atoms with Gasteiger partial charge in [0.2, 0.25) is 5.79 Å². The molecule has 2 aromatic rings. The molecule has 0 bridgehead atoms. The standard InChI is InChI=1S/C37H50N4O11/c1-40(36(46)38-14-18-50-19-17-44)33-22-31(39-51-23-24-8-10-26(11-9-24)41(48)49)29-20-25(6-2-4-15-42)28(7-3-5-16-43)34-30-21-27(45)12-13-32(30)52-37(33,47)35(29)34/h8-13,20-21,25,28,33-35,42-45,47H,2-7,14-19,22-23H2,1H3,(H,38,46)/t25-,28+,33-,34+,35+,37+/m0/s1. The van der Waals surface area contributed by atoms with Gasteiger partial charge in [-0.2, -0.15) is 0 Å². The van der Waals surface area contributed by atoms with Gasteiger partial charge in [0.05, 0.1) is 36.4 Å². The summed E-state index contributed by atoms with van der Waals surface area (Å²) in [6.45, 7) is 0.440. The lowest BCUT2D eigenvalue weighted by Gasteiger charge is -2.58. The Bertz CT molecular complexity index is 1590. The van der Waals surface area contributed by atoms with Crippen molar-refractivity contribution in [2.45, 2.75) is 69.3 Å². The number of ether oxygens (including phenoxy) is 2. The zero-order valence-corrected chi connectivity index (χ0v) is 29.4. The lowest BCUT2D eigenvalue weighted by Crippen LogP contribution is -2.69. The molecule has 1 saturated carbocycles. The number of aliphatic hydroxyl groups is 4. The first-order chi connectivity index (χ1) is 25.1. The van der Waals surface area contributed by atoms with Crippen molar-refractivity contribution < 1.29 is 49.6 Å². The lowest BCUT2D eigenvalue weighted by atomic mass is 9.55. The Labute approximate surface area is 302 Å². The monoisotopic (exact) mass is 726 g/mol. The Morgan fingerprint density at radius 1 is 1.06 bits per heavy atom. The first-order valence-electron chi connectivity index (χ1n) is 17.9. The zero-order valence-electron chi connectivity index (χ0n) is 29.4. The number of phenolic OH excluding ortho intramolecular Hbond substituents is 1. The van der Waals surface area contributed by atoms with Crippen LogP contribution in [-0.4, -0.2) is 106 Å². The molecule has 52 heavy (non-hydrogen) atoms. The lowest BCUT2D eigenvalue weighted by molar-refractivity contribution is -0.384. The number of hydrogen-bond donors (Lipinski definition) is 6. The number of likely N-dealkylation sites (N-methyl/N-ethyl adjacent to an activating group) is 1. The highest BCUT2D eigenvalue weighted by atomic mass is 16.6. The maximum atomic E-state index is 13.6. The molecule has 3 aliphatic rings. The second kappa shape index (κ2) is 18.0. The smallest absolute Gasteiger partial charge is 0.317 e. The minimum Gasteiger partial charge on any atom is -0.508 e. The van der Waals surface area contributed by atoms with E-state index in [2.05, 4.69) is 16.5 Å². The number of hydrogen-bond acceptors (Lipinski definition) is 12. The van der Waals surface area contributed by atoms with E-state index in [1.54, 1.807) is 31.3 Å². The molecule has 2 aromatic carbocycles. The van der Waals surface area contributed by atoms with Crippen LogP contribution in [-0.2, 0) is 16.2 Å². The molecule has 1 heterocycles. The highest BCUT2D eigenvalue weighted by Crippen LogP contribution is 2.60. The number of fused-ring (bicyclic) bond motifs is 2. The number of nitrogens with one attached hydrogen (secondary N) is 1. The van der Waals surface area contributed by atoms with Crippen LogP contribution in [0.5, 0.6) is 11.5 Å². The van der Waals surface area contributed by atoms with Crippen LogP contribution >= 0.6 is 0 Å². The van der Waals surface area contributed by atoms with Crippen LogP contribution in [0.2, 0.25) is 0 Å². The van der Waals surface area contributed by atoms with E-state index in [1.807, 2.05) is 0 Å². The summed E-state index contributed by atoms with van der Waals surface area (Å²) in [4.78, 5) is 31.5. The van der Waals surface area contributed by atoms with Crippen molar-refractivity contribution in [3.05, 3.63) is 75.4 Å². The number of allylic oxidation sites excluding steroid dienone is 1. The third kappa shape index (κ3) is 8.67. The summed E-state index contributed by atoms with van der Waals surface area (Å²) in [5.74, 6) is -2.68. The third-order valence-corrected chi connectivity index (χ3v) is 10.4. The Morgan fingerprint density at radius 3 is 2.48 bits per heavy atom. The van der Waals surface area contributed by atoms with Crippen LogP contribution in [0.15, 0.2) is 59.3 Å². The van der Waals surface area contributed by atoms with Gasteiger partial charge in [0.25, 0.3) is 5.69 Å². The molecule has 5 rings (SSSR count). The number of non-ortho nitro benzene ring substituents is 1. The SMILES string of the molecule is CN(C(=O)NCCOCCO)[C@H]1CC(=NOCc2ccc([N+](=O)[O-])cc2)C2=C[C@H](CCCCO)[C@@H](CCCCO)[C@@H]3c4cc(O)ccc4O[C@@]1(O)[C@H]23. The quantitative estimate of drug-likeness (QED) is 0.0742. The molecule has 284 valence electrons. The van der Waals surface area contributed by atoms with Gasteiger partial charge in [-0.1, -0.05) is 24.1 Å². The fraction of sp³-hybridized carbons (Fsp3) is 0.568. The van der Waals surface area contributed by atoms with Crippen molar-refractivity contribution >= 4 is 17.4 Å². The number of benzene rings is 2. The van der Waals surface area contributed by atoms with Gasteiger partial charge in [-0.05, 0) is 79.0 Å². The fourth-order valence-corrected chi connectivity index (χ4v) is 7.92. The molecule has 6 N–H and O–H groups in total. The topological polar surface area (TPSA) is 217 Å². The Balaban J connectivity index is 1.58. The molecule has 15 heteroatoms. The molecular formula is C37H50N4O11. The van der Waals surface area contributed by atoms with Gasteiger partial charge < -0.3 is 50.1 Å². The van der Waals surface area contributed by atoms with E-state index in [1.165, 1.54) is 23.1 Å². The maximum Gasteiger partial charge on any atom is 0.317 e. The predicted octanol–water partition coefficient (Wildman–Crippen LogP) is 3.57. The van der Waals surface area contributed by atoms with Crippen LogP contribution in [0, 0.1) is 27.9 Å². The number of urea groups is 1. The predicted molar refractivity (Wildman–Crippen MR) is 190 cm³/mol. The molecule has 0 spiro atoms. The van der Waals surface area contributed by atoms with Crippen molar-refractivity contribution in [1.82, 2.24) is 10.2 Å². The largest absolute Gasteiger partial charge is 0.508 e. The molecular weight excluding hydrogens is 676 g/mol. The summed E-state index contributed by atoms with van der Waals surface area (Å²) in [7, 11) is 1.57. The van der Waals surface area contributed by atoms with Gasteiger partial charge in [-0.25, -0.2) is 4.79 Å². The number of carbonyl (C=O) groups is 1. The van der Waals surface area contributed by atoms with E-state index >= 15 is 0 Å². The number of nitro groups is 1. The number of aliphatic hydroxyl groups excluding tert-OH is 3. The van der Waals surface area contributed by atoms with E-state index in [9.17, 15) is 35.3 Å². The van der Waals surface area contributed by atoms with Gasteiger partial charge in [0.1, 0.15) is 24.1 Å². The molecule has 0 aromatic heterocycles. The molecule has 0 saturated heterocycles. The van der Waals surface area contributed by atoms with E-state index < -0.39 is 28.7 Å². The van der Waals surface area contributed by atoms with Gasteiger partial charge in [-0.15, -0.1) is 0 Å². The Morgan fingerprint density at radius 2 is 1.79 bits per heavy atom. The number of nitrogens with zero attached hydrogens (tertiary/aromatic N) is 3. The number of amides is 2. The summed E-state index contributed by atoms with van der Waals surface area (Å²) in [6, 6.07) is 9.31. The molecule has 15 nitrogen and oxygen atoms in total. The van der Waals surface area contributed by atoms with Gasteiger partial charge >= 0.3 is 6.03 Å². The summed E-state index contributed by atoms with van der Waals surface area (Å²) >= 11 is 0. The van der Waals surface area contributed by atoms with Crippen molar-refractivity contribution in [1.29, 1.82) is 0 Å². The fourth-order valence-electron chi connectivity index (χ4n) is 7.92. The van der Waals surface area contributed by atoms with E-state index in [0.717, 1.165) is 24.8 Å². The average molecular weight is 727 g/mol. The number of oxime groups is 1. The Hall–Kier alpha value is -4.28. The zero-order chi connectivity index (χ0) is 37.3. The van der Waals surface area contributed by atoms with E-state index in [-0.39, 0.29) is 81.8 Å². The molecule has 2 amide bonds. The summed E-state index contributed by atoms with van der Waals surface area (Å²) in [5.41, 5.74) is 2.55. The Kier molecular flexibility index (Phi) is 13.5. The van der Waals surface area contributed by atoms with E-state index in [4.69, 9.17) is 19.4 Å². The first-order valence-corrected chi connectivity index (χ1v) is 17.9. The van der Waals surface area contributed by atoms with Crippen molar-refractivity contribution in [2.75, 3.05) is 46.6 Å². The first kappa shape index (κ1) is 38.9. The summed E-state index contributed by atoms with van der Waals surface area (Å²) in [6.07, 6.45) is 6.32. The number of aromatic hydroxyl groups is 1. The van der Waals surface area contributed by atoms with Gasteiger partial charge in [0, 0.05) is 56.8 Å². The van der Waals surface area contributed by atoms with Crippen LogP contribution in [0.4, 0.5) is 10.5 Å². The highest BCUT2D eigenvalue weighted by molar-refractivity contribution is 6.03. The number of nitro benzene ring substituents is 1. The number of rotatable bonds is 18. The molecule has 1 aliphatic heterocycles. The van der Waals surface area contributed by atoms with Crippen molar-refractivity contribution in [3.8, 4) is 11.5 Å². The van der Waals surface area contributed by atoms with E-state index in [0.29, 0.717) is 41.9 Å². The molecule has 0 radical (unpaired) electrons. The average Bonchev–Trinajstić information content (AvgIpc) is 3.13. The highest BCUT2D eigenvalue weighted by Gasteiger charge is 2.63.